The zero-order chi connectivity index (χ0) is 7.56. The molecule has 0 amide bonds. The summed E-state index contributed by atoms with van der Waals surface area (Å²) in [5.74, 6) is 0.368. The van der Waals surface area contributed by atoms with Crippen molar-refractivity contribution in [2.75, 3.05) is 7.11 Å². The largest absolute Gasteiger partial charge is 0.479 e. The normalized spacial score (nSPS) is 9.50. The fraction of sp³-hybridized carbons (Fsp3) is 0.333. The van der Waals surface area contributed by atoms with E-state index in [1.807, 2.05) is 6.92 Å². The Balaban J connectivity index is 3.07. The smallest absolute Gasteiger partial charge is 0.252 e. The van der Waals surface area contributed by atoms with Crippen LogP contribution in [0.4, 0.5) is 0 Å². The molecule has 0 atom stereocenters. The quantitative estimate of drug-likeness (QED) is 0.621. The van der Waals surface area contributed by atoms with Crippen molar-refractivity contribution in [2.24, 2.45) is 0 Å². The van der Waals surface area contributed by atoms with Crippen LogP contribution < -0.4 is 4.74 Å². The summed E-state index contributed by atoms with van der Waals surface area (Å²) < 4.78 is 4.79. The van der Waals surface area contributed by atoms with Crippen molar-refractivity contribution >= 4 is 11.6 Å². The van der Waals surface area contributed by atoms with E-state index in [-0.39, 0.29) is 0 Å². The van der Waals surface area contributed by atoms with Gasteiger partial charge in [0, 0.05) is 0 Å². The number of rotatable bonds is 1. The van der Waals surface area contributed by atoms with Gasteiger partial charge in [0.05, 0.1) is 12.8 Å². The second-order valence-electron chi connectivity index (χ2n) is 1.84. The molecule has 1 heterocycles. The first-order valence-corrected chi connectivity index (χ1v) is 3.15. The predicted molar refractivity (Wildman–Crippen MR) is 38.3 cm³/mol. The highest BCUT2D eigenvalue weighted by Crippen LogP contribution is 2.19. The highest BCUT2D eigenvalue weighted by atomic mass is 35.5. The first kappa shape index (κ1) is 7.28. The summed E-state index contributed by atoms with van der Waals surface area (Å²) in [7, 11) is 1.51. The standard InChI is InChI=1S/C6H7ClN2O/c1-4-3-5(7)6(10-2)9-8-4/h3H,1-2H3. The van der Waals surface area contributed by atoms with Gasteiger partial charge in [-0.05, 0) is 13.0 Å². The molecule has 1 rings (SSSR count). The van der Waals surface area contributed by atoms with Crippen molar-refractivity contribution in [1.82, 2.24) is 10.2 Å². The van der Waals surface area contributed by atoms with Gasteiger partial charge in [-0.15, -0.1) is 5.10 Å². The Labute approximate surface area is 64.0 Å². The molecule has 54 valence electrons. The van der Waals surface area contributed by atoms with Crippen LogP contribution in [0, 0.1) is 6.92 Å². The molecule has 1 aromatic rings. The fourth-order valence-electron chi connectivity index (χ4n) is 0.584. The highest BCUT2D eigenvalue weighted by Gasteiger charge is 2.00. The predicted octanol–water partition coefficient (Wildman–Crippen LogP) is 1.45. The highest BCUT2D eigenvalue weighted by molar-refractivity contribution is 6.31. The summed E-state index contributed by atoms with van der Waals surface area (Å²) >= 11 is 5.70. The molecule has 4 heteroatoms. The Morgan fingerprint density at radius 1 is 1.50 bits per heavy atom. The Kier molecular flexibility index (Phi) is 2.06. The Hall–Kier alpha value is -0.830. The Morgan fingerprint density at radius 2 is 2.20 bits per heavy atom. The molecule has 0 spiro atoms. The number of aryl methyl sites for hydroxylation is 1. The van der Waals surface area contributed by atoms with E-state index >= 15 is 0 Å². The van der Waals surface area contributed by atoms with E-state index in [4.69, 9.17) is 16.3 Å². The van der Waals surface area contributed by atoms with Gasteiger partial charge in [0.2, 0.25) is 0 Å². The SMILES string of the molecule is COc1nnc(C)cc1Cl. The number of aromatic nitrogens is 2. The molecule has 0 N–H and O–H groups in total. The van der Waals surface area contributed by atoms with Gasteiger partial charge < -0.3 is 4.74 Å². The zero-order valence-electron chi connectivity index (χ0n) is 5.76. The number of hydrogen-bond donors (Lipinski definition) is 0. The van der Waals surface area contributed by atoms with E-state index in [2.05, 4.69) is 10.2 Å². The minimum absolute atomic E-state index is 0.368. The number of hydrogen-bond acceptors (Lipinski definition) is 3. The van der Waals surface area contributed by atoms with Gasteiger partial charge in [0.25, 0.3) is 5.88 Å². The summed E-state index contributed by atoms with van der Waals surface area (Å²) in [5, 5.41) is 7.94. The maximum atomic E-state index is 5.70. The van der Waals surface area contributed by atoms with Crippen LogP contribution in [-0.2, 0) is 0 Å². The van der Waals surface area contributed by atoms with Gasteiger partial charge in [-0.3, -0.25) is 0 Å². The average molecular weight is 159 g/mol. The molecule has 3 nitrogen and oxygen atoms in total. The summed E-state index contributed by atoms with van der Waals surface area (Å²) in [4.78, 5) is 0. The topological polar surface area (TPSA) is 35.0 Å². The number of methoxy groups -OCH3 is 1. The van der Waals surface area contributed by atoms with E-state index < -0.39 is 0 Å². The number of ether oxygens (including phenoxy) is 1. The van der Waals surface area contributed by atoms with Crippen molar-refractivity contribution in [1.29, 1.82) is 0 Å². The van der Waals surface area contributed by atoms with Crippen LogP contribution in [0.3, 0.4) is 0 Å². The summed E-state index contributed by atoms with van der Waals surface area (Å²) in [6.07, 6.45) is 0. The lowest BCUT2D eigenvalue weighted by atomic mass is 10.4. The molecule has 0 saturated carbocycles. The van der Waals surface area contributed by atoms with Crippen LogP contribution in [-0.4, -0.2) is 17.3 Å². The number of halogens is 1. The van der Waals surface area contributed by atoms with Crippen LogP contribution in [0.2, 0.25) is 5.02 Å². The van der Waals surface area contributed by atoms with Crippen LogP contribution in [0.1, 0.15) is 5.69 Å². The van der Waals surface area contributed by atoms with Gasteiger partial charge in [-0.2, -0.15) is 5.10 Å². The second-order valence-corrected chi connectivity index (χ2v) is 2.25. The second kappa shape index (κ2) is 2.84. The third-order valence-electron chi connectivity index (χ3n) is 1.03. The van der Waals surface area contributed by atoms with E-state index in [1.165, 1.54) is 7.11 Å². The molecule has 1 aromatic heterocycles. The zero-order valence-corrected chi connectivity index (χ0v) is 6.51. The van der Waals surface area contributed by atoms with E-state index in [1.54, 1.807) is 6.07 Å². The van der Waals surface area contributed by atoms with Crippen LogP contribution >= 0.6 is 11.6 Å². The summed E-state index contributed by atoms with van der Waals surface area (Å²) in [5.41, 5.74) is 0.783. The van der Waals surface area contributed by atoms with E-state index in [0.717, 1.165) is 5.69 Å². The van der Waals surface area contributed by atoms with Crippen molar-refractivity contribution in [3.05, 3.63) is 16.8 Å². The van der Waals surface area contributed by atoms with Crippen molar-refractivity contribution < 1.29 is 4.74 Å². The lowest BCUT2D eigenvalue weighted by Crippen LogP contribution is -1.92. The molecule has 0 radical (unpaired) electrons. The third kappa shape index (κ3) is 1.36. The van der Waals surface area contributed by atoms with Crippen LogP contribution in [0.15, 0.2) is 6.07 Å². The maximum Gasteiger partial charge on any atom is 0.252 e. The maximum absolute atomic E-state index is 5.70. The average Bonchev–Trinajstić information content (AvgIpc) is 1.88. The first-order valence-electron chi connectivity index (χ1n) is 2.78. The summed E-state index contributed by atoms with van der Waals surface area (Å²) in [6.45, 7) is 1.82. The fourth-order valence-corrected chi connectivity index (χ4v) is 0.857. The molecule has 0 fully saturated rings. The molecule has 0 aliphatic carbocycles. The molecule has 10 heavy (non-hydrogen) atoms. The Bertz CT molecular complexity index is 239. The summed E-state index contributed by atoms with van der Waals surface area (Å²) in [6, 6.07) is 1.70. The van der Waals surface area contributed by atoms with E-state index in [0.29, 0.717) is 10.9 Å². The Morgan fingerprint density at radius 3 is 2.70 bits per heavy atom. The molecular weight excluding hydrogens is 152 g/mol. The molecule has 0 unspecified atom stereocenters. The minimum atomic E-state index is 0.368. The van der Waals surface area contributed by atoms with Gasteiger partial charge in [-0.1, -0.05) is 11.6 Å². The van der Waals surface area contributed by atoms with Crippen molar-refractivity contribution in [2.45, 2.75) is 6.92 Å². The molecule has 0 aliphatic rings. The molecule has 0 bridgehead atoms. The van der Waals surface area contributed by atoms with Crippen molar-refractivity contribution in [3.8, 4) is 5.88 Å². The van der Waals surface area contributed by atoms with Gasteiger partial charge in [-0.25, -0.2) is 0 Å². The molecule has 0 aromatic carbocycles. The van der Waals surface area contributed by atoms with E-state index in [9.17, 15) is 0 Å². The van der Waals surface area contributed by atoms with Gasteiger partial charge in [0.1, 0.15) is 5.02 Å². The third-order valence-corrected chi connectivity index (χ3v) is 1.30. The number of nitrogens with zero attached hydrogens (tertiary/aromatic N) is 2. The van der Waals surface area contributed by atoms with Crippen LogP contribution in [0.25, 0.3) is 0 Å². The molecule has 0 saturated heterocycles. The molecule has 0 aliphatic heterocycles. The van der Waals surface area contributed by atoms with Gasteiger partial charge >= 0.3 is 0 Å². The van der Waals surface area contributed by atoms with Gasteiger partial charge in [0.15, 0.2) is 0 Å². The lowest BCUT2D eigenvalue weighted by Gasteiger charge is -1.98. The van der Waals surface area contributed by atoms with Crippen LogP contribution in [0.5, 0.6) is 5.88 Å². The monoisotopic (exact) mass is 158 g/mol. The first-order chi connectivity index (χ1) is 4.74. The molecular formula is C6H7ClN2O. The lowest BCUT2D eigenvalue weighted by molar-refractivity contribution is 0.391. The van der Waals surface area contributed by atoms with Crippen molar-refractivity contribution in [3.63, 3.8) is 0 Å². The minimum Gasteiger partial charge on any atom is -0.479 e.